The zero-order valence-electron chi connectivity index (χ0n) is 16.3. The van der Waals surface area contributed by atoms with E-state index in [0.717, 1.165) is 21.7 Å². The van der Waals surface area contributed by atoms with Crippen LogP contribution in [0.2, 0.25) is 0 Å². The van der Waals surface area contributed by atoms with Crippen molar-refractivity contribution in [1.29, 1.82) is 0 Å². The number of rotatable bonds is 4. The Bertz CT molecular complexity index is 1100. The summed E-state index contributed by atoms with van der Waals surface area (Å²) in [6.07, 6.45) is -4.01. The molecule has 1 amide bonds. The molecule has 0 unspecified atom stereocenters. The maximum atomic E-state index is 13.4. The molecule has 168 valence electrons. The summed E-state index contributed by atoms with van der Waals surface area (Å²) in [6, 6.07) is 2.11. The highest BCUT2D eigenvalue weighted by molar-refractivity contribution is 5.92. The van der Waals surface area contributed by atoms with Crippen molar-refractivity contribution in [2.24, 2.45) is 0 Å². The number of hydrogen-bond acceptors (Lipinski definition) is 5. The van der Waals surface area contributed by atoms with Gasteiger partial charge in [-0.05, 0) is 38.0 Å². The molecule has 0 spiro atoms. The maximum absolute atomic E-state index is 13.4. The summed E-state index contributed by atoms with van der Waals surface area (Å²) in [6.45, 7) is -0.430. The van der Waals surface area contributed by atoms with Crippen LogP contribution < -0.4 is 15.8 Å². The standard InChI is InChI=1S/C19H19F5N4O3/c1-17(31)5-11(6-17)25-14(29)7-28-16(30)12-3-2-10(19(22,23)24)4-13(12)15(26-28)27-8-18(20,21)9-27/h2-4,11,31H,5-9H2,1H3,(H,25,29)/t11-,17+. The number of nitrogens with zero attached hydrogens (tertiary/aromatic N) is 3. The van der Waals surface area contributed by atoms with Crippen molar-refractivity contribution in [3.05, 3.63) is 34.1 Å². The minimum Gasteiger partial charge on any atom is -0.390 e. The van der Waals surface area contributed by atoms with Gasteiger partial charge < -0.3 is 15.3 Å². The van der Waals surface area contributed by atoms with Crippen LogP contribution in [-0.2, 0) is 17.5 Å². The van der Waals surface area contributed by atoms with E-state index in [0.29, 0.717) is 18.9 Å². The van der Waals surface area contributed by atoms with E-state index < -0.39 is 54.4 Å². The molecule has 1 saturated heterocycles. The van der Waals surface area contributed by atoms with Crippen LogP contribution in [0.15, 0.2) is 23.0 Å². The lowest BCUT2D eigenvalue weighted by molar-refractivity contribution is -0.137. The average Bonchev–Trinajstić information content (AvgIpc) is 2.59. The molecule has 2 N–H and O–H groups in total. The lowest BCUT2D eigenvalue weighted by Crippen LogP contribution is -2.57. The van der Waals surface area contributed by atoms with E-state index in [-0.39, 0.29) is 22.6 Å². The van der Waals surface area contributed by atoms with Gasteiger partial charge in [0.1, 0.15) is 6.54 Å². The molecule has 0 bridgehead atoms. The first kappa shape index (κ1) is 21.5. The third kappa shape index (κ3) is 4.21. The second-order valence-corrected chi connectivity index (χ2v) is 8.43. The number of anilines is 1. The third-order valence-corrected chi connectivity index (χ3v) is 5.44. The molecule has 1 aromatic heterocycles. The Kier molecular flexibility index (Phi) is 4.76. The highest BCUT2D eigenvalue weighted by atomic mass is 19.4. The van der Waals surface area contributed by atoms with Gasteiger partial charge in [0.2, 0.25) is 5.91 Å². The molecule has 1 aliphatic carbocycles. The van der Waals surface area contributed by atoms with Gasteiger partial charge in [0, 0.05) is 11.4 Å². The number of amides is 1. The number of halogens is 5. The first-order valence-electron chi connectivity index (χ1n) is 9.51. The molecule has 7 nitrogen and oxygen atoms in total. The fourth-order valence-electron chi connectivity index (χ4n) is 3.96. The summed E-state index contributed by atoms with van der Waals surface area (Å²) in [5.74, 6) is -3.82. The van der Waals surface area contributed by atoms with Gasteiger partial charge in [-0.15, -0.1) is 0 Å². The maximum Gasteiger partial charge on any atom is 0.416 e. The van der Waals surface area contributed by atoms with E-state index in [2.05, 4.69) is 10.4 Å². The molecule has 0 radical (unpaired) electrons. The summed E-state index contributed by atoms with van der Waals surface area (Å²) < 4.78 is 66.9. The van der Waals surface area contributed by atoms with Crippen LogP contribution in [0.25, 0.3) is 10.8 Å². The van der Waals surface area contributed by atoms with Crippen LogP contribution in [0.5, 0.6) is 0 Å². The molecule has 2 fully saturated rings. The van der Waals surface area contributed by atoms with E-state index >= 15 is 0 Å². The number of carbonyl (C=O) groups is 1. The Balaban J connectivity index is 1.69. The summed E-state index contributed by atoms with van der Waals surface area (Å²) in [7, 11) is 0. The summed E-state index contributed by atoms with van der Waals surface area (Å²) in [5.41, 5.74) is -2.72. The van der Waals surface area contributed by atoms with Gasteiger partial charge in [-0.25, -0.2) is 13.5 Å². The fraction of sp³-hybridized carbons (Fsp3) is 0.526. The van der Waals surface area contributed by atoms with Crippen LogP contribution in [0, 0.1) is 0 Å². The van der Waals surface area contributed by atoms with Gasteiger partial charge in [0.05, 0.1) is 29.6 Å². The lowest BCUT2D eigenvalue weighted by Gasteiger charge is -2.41. The Morgan fingerprint density at radius 3 is 2.45 bits per heavy atom. The quantitative estimate of drug-likeness (QED) is 0.701. The highest BCUT2D eigenvalue weighted by Crippen LogP contribution is 2.37. The van der Waals surface area contributed by atoms with Crippen LogP contribution in [0.3, 0.4) is 0 Å². The van der Waals surface area contributed by atoms with E-state index in [1.165, 1.54) is 0 Å². The highest BCUT2D eigenvalue weighted by Gasteiger charge is 2.45. The van der Waals surface area contributed by atoms with E-state index in [9.17, 15) is 36.6 Å². The molecule has 2 aliphatic rings. The number of benzene rings is 1. The first-order chi connectivity index (χ1) is 14.2. The zero-order valence-corrected chi connectivity index (χ0v) is 16.3. The molecule has 1 aromatic carbocycles. The molecule has 2 aromatic rings. The normalized spacial score (nSPS) is 25.1. The molecule has 0 atom stereocenters. The topological polar surface area (TPSA) is 87.5 Å². The predicted molar refractivity (Wildman–Crippen MR) is 100.0 cm³/mol. The number of carbonyl (C=O) groups excluding carboxylic acids is 1. The minimum atomic E-state index is -4.69. The molecule has 2 heterocycles. The predicted octanol–water partition coefficient (Wildman–Crippen LogP) is 1.90. The van der Waals surface area contributed by atoms with Crippen LogP contribution in [0.1, 0.15) is 25.3 Å². The van der Waals surface area contributed by atoms with Gasteiger partial charge in [0.15, 0.2) is 5.82 Å². The third-order valence-electron chi connectivity index (χ3n) is 5.44. The molecule has 12 heteroatoms. The Morgan fingerprint density at radius 2 is 1.90 bits per heavy atom. The Labute approximate surface area is 172 Å². The zero-order chi connectivity index (χ0) is 22.8. The first-order valence-corrected chi connectivity index (χ1v) is 9.51. The number of hydrogen-bond donors (Lipinski definition) is 2. The van der Waals surface area contributed by atoms with Crippen molar-refractivity contribution in [3.63, 3.8) is 0 Å². The van der Waals surface area contributed by atoms with E-state index in [1.54, 1.807) is 6.92 Å². The Morgan fingerprint density at radius 1 is 1.26 bits per heavy atom. The summed E-state index contributed by atoms with van der Waals surface area (Å²) in [4.78, 5) is 26.1. The van der Waals surface area contributed by atoms with Gasteiger partial charge in [0.25, 0.3) is 11.5 Å². The lowest BCUT2D eigenvalue weighted by atomic mass is 9.77. The van der Waals surface area contributed by atoms with E-state index in [1.807, 2.05) is 0 Å². The molecule has 1 saturated carbocycles. The van der Waals surface area contributed by atoms with Crippen molar-refractivity contribution >= 4 is 22.5 Å². The van der Waals surface area contributed by atoms with Crippen LogP contribution in [-0.4, -0.2) is 51.4 Å². The number of nitrogens with one attached hydrogen (secondary N) is 1. The summed E-state index contributed by atoms with van der Waals surface area (Å²) in [5, 5.41) is 16.0. The van der Waals surface area contributed by atoms with Crippen molar-refractivity contribution in [2.45, 2.75) is 50.1 Å². The average molecular weight is 446 g/mol. The molecular weight excluding hydrogens is 427 g/mol. The smallest absolute Gasteiger partial charge is 0.390 e. The van der Waals surface area contributed by atoms with Crippen molar-refractivity contribution < 1.29 is 31.9 Å². The van der Waals surface area contributed by atoms with Crippen molar-refractivity contribution in [3.8, 4) is 0 Å². The SMILES string of the molecule is C[C@]1(O)C[C@@H](NC(=O)Cn2nc(N3CC(F)(F)C3)c3cc(C(F)(F)F)ccc3c2=O)C1. The largest absolute Gasteiger partial charge is 0.416 e. The van der Waals surface area contributed by atoms with Crippen LogP contribution >= 0.6 is 0 Å². The molecule has 4 rings (SSSR count). The van der Waals surface area contributed by atoms with Crippen LogP contribution in [0.4, 0.5) is 27.8 Å². The summed E-state index contributed by atoms with van der Waals surface area (Å²) >= 11 is 0. The molecule has 1 aliphatic heterocycles. The fourth-order valence-corrected chi connectivity index (χ4v) is 3.96. The van der Waals surface area contributed by atoms with Crippen molar-refractivity contribution in [1.82, 2.24) is 15.1 Å². The number of aliphatic hydroxyl groups is 1. The van der Waals surface area contributed by atoms with Gasteiger partial charge in [-0.3, -0.25) is 9.59 Å². The second kappa shape index (κ2) is 6.87. The van der Waals surface area contributed by atoms with E-state index in [4.69, 9.17) is 0 Å². The van der Waals surface area contributed by atoms with Gasteiger partial charge in [-0.2, -0.15) is 18.3 Å². The van der Waals surface area contributed by atoms with Gasteiger partial charge in [-0.1, -0.05) is 0 Å². The monoisotopic (exact) mass is 446 g/mol. The minimum absolute atomic E-state index is 0.160. The second-order valence-electron chi connectivity index (χ2n) is 8.43. The number of fused-ring (bicyclic) bond motifs is 1. The van der Waals surface area contributed by atoms with Gasteiger partial charge >= 0.3 is 6.18 Å². The van der Waals surface area contributed by atoms with Crippen molar-refractivity contribution in [2.75, 3.05) is 18.0 Å². The number of aromatic nitrogens is 2. The number of alkyl halides is 5. The molecular formula is C19H19F5N4O3. The molecule has 31 heavy (non-hydrogen) atoms. The Hall–Kier alpha value is -2.76.